The average Bonchev–Trinajstić information content (AvgIpc) is 2.82. The summed E-state index contributed by atoms with van der Waals surface area (Å²) in [6.07, 6.45) is -0.278. The molecule has 2 heterocycles. The summed E-state index contributed by atoms with van der Waals surface area (Å²) in [6, 6.07) is 10.2. The van der Waals surface area contributed by atoms with E-state index in [1.165, 1.54) is 54.9 Å². The highest BCUT2D eigenvalue weighted by Crippen LogP contribution is 2.41. The molecule has 0 saturated carbocycles. The number of nitrogens with two attached hydrogens (primary N) is 1. The Kier molecular flexibility index (Phi) is 7.18. The molecule has 0 aliphatic carbocycles. The number of ether oxygens (including phenoxy) is 1. The molecule has 0 atom stereocenters. The molecule has 35 heavy (non-hydrogen) atoms. The van der Waals surface area contributed by atoms with Crippen molar-refractivity contribution in [2.45, 2.75) is 25.1 Å². The van der Waals surface area contributed by atoms with Gasteiger partial charge < -0.3 is 15.4 Å². The number of piperidine rings is 1. The highest BCUT2D eigenvalue weighted by molar-refractivity contribution is 6.32. The first kappa shape index (κ1) is 24.8. The van der Waals surface area contributed by atoms with Crippen LogP contribution >= 0.6 is 11.6 Å². The lowest BCUT2D eigenvalue weighted by molar-refractivity contribution is -0.137. The minimum atomic E-state index is -4.67. The van der Waals surface area contributed by atoms with Crippen LogP contribution < -0.4 is 15.4 Å². The molecule has 2 amide bonds. The molecule has 184 valence electrons. The predicted octanol–water partition coefficient (Wildman–Crippen LogP) is 6.11. The number of pyridine rings is 1. The maximum atomic E-state index is 14.0. The van der Waals surface area contributed by atoms with E-state index in [9.17, 15) is 18.0 Å². The molecule has 1 saturated heterocycles. The summed E-state index contributed by atoms with van der Waals surface area (Å²) >= 11 is 6.32. The third kappa shape index (κ3) is 5.68. The van der Waals surface area contributed by atoms with Crippen molar-refractivity contribution in [1.29, 1.82) is 0 Å². The summed E-state index contributed by atoms with van der Waals surface area (Å²) in [5.74, 6) is 0.342. The first-order valence-corrected chi connectivity index (χ1v) is 11.4. The SMILES string of the molecule is CN1CCC(Oc2cc(N(C(N)=O)c3ccc(-c4ccncc4)c(C(F)(F)F)c3)ccc2Cl)CC1. The number of aromatic nitrogens is 1. The third-order valence-corrected chi connectivity index (χ3v) is 6.22. The quantitative estimate of drug-likeness (QED) is 0.455. The minimum Gasteiger partial charge on any atom is -0.489 e. The van der Waals surface area contributed by atoms with E-state index >= 15 is 0 Å². The lowest BCUT2D eigenvalue weighted by atomic mass is 9.99. The van der Waals surface area contributed by atoms with Crippen molar-refractivity contribution in [2.24, 2.45) is 5.73 Å². The second-order valence-corrected chi connectivity index (χ2v) is 8.78. The molecular formula is C25H24ClF3N4O2. The highest BCUT2D eigenvalue weighted by atomic mass is 35.5. The molecule has 4 rings (SSSR count). The molecule has 0 bridgehead atoms. The van der Waals surface area contributed by atoms with Crippen LogP contribution in [0, 0.1) is 0 Å². The number of hydrogen-bond acceptors (Lipinski definition) is 4. The van der Waals surface area contributed by atoms with E-state index in [1.54, 1.807) is 0 Å². The standard InChI is InChI=1S/C25H24ClF3N4O2/c1-32-12-8-19(9-13-32)35-23-15-18(3-5-22(23)26)33(24(30)34)17-2-4-20(16-6-10-31-11-7-16)21(14-17)25(27,28)29/h2-7,10-11,14-15,19H,8-9,12-13H2,1H3,(H2,30,34). The van der Waals surface area contributed by atoms with Crippen molar-refractivity contribution in [2.75, 3.05) is 25.0 Å². The molecule has 0 unspecified atom stereocenters. The summed E-state index contributed by atoms with van der Waals surface area (Å²) in [4.78, 5) is 19.5. The number of nitrogens with zero attached hydrogens (tertiary/aromatic N) is 3. The van der Waals surface area contributed by atoms with Gasteiger partial charge in [0.05, 0.1) is 22.0 Å². The van der Waals surface area contributed by atoms with Crippen molar-refractivity contribution in [3.8, 4) is 16.9 Å². The van der Waals surface area contributed by atoms with E-state index < -0.39 is 17.8 Å². The van der Waals surface area contributed by atoms with Crippen LogP contribution in [0.15, 0.2) is 60.9 Å². The number of rotatable bonds is 5. The number of carbonyl (C=O) groups is 1. The molecule has 0 radical (unpaired) electrons. The zero-order valence-corrected chi connectivity index (χ0v) is 19.7. The Morgan fingerprint density at radius 2 is 1.71 bits per heavy atom. The lowest BCUT2D eigenvalue weighted by Crippen LogP contribution is -2.35. The normalized spacial score (nSPS) is 15.1. The van der Waals surface area contributed by atoms with E-state index in [-0.39, 0.29) is 23.0 Å². The fourth-order valence-electron chi connectivity index (χ4n) is 4.10. The Morgan fingerprint density at radius 3 is 2.34 bits per heavy atom. The van der Waals surface area contributed by atoms with Crippen molar-refractivity contribution < 1.29 is 22.7 Å². The Bertz CT molecular complexity index is 1200. The van der Waals surface area contributed by atoms with E-state index in [2.05, 4.69) is 9.88 Å². The fourth-order valence-corrected chi connectivity index (χ4v) is 4.26. The van der Waals surface area contributed by atoms with Crippen molar-refractivity contribution >= 4 is 29.0 Å². The number of alkyl halides is 3. The van der Waals surface area contributed by atoms with Crippen molar-refractivity contribution in [1.82, 2.24) is 9.88 Å². The van der Waals surface area contributed by atoms with Crippen LogP contribution in [-0.4, -0.2) is 42.2 Å². The number of hydrogen-bond donors (Lipinski definition) is 1. The third-order valence-electron chi connectivity index (χ3n) is 5.91. The largest absolute Gasteiger partial charge is 0.489 e. The Hall–Kier alpha value is -3.30. The summed E-state index contributed by atoms with van der Waals surface area (Å²) in [5.41, 5.74) is 5.25. The molecule has 3 aromatic rings. The van der Waals surface area contributed by atoms with Gasteiger partial charge in [0.2, 0.25) is 0 Å². The Labute approximate surface area is 206 Å². The van der Waals surface area contributed by atoms with Crippen molar-refractivity contribution in [3.05, 3.63) is 71.5 Å². The summed E-state index contributed by atoms with van der Waals surface area (Å²) in [6.45, 7) is 1.75. The van der Waals surface area contributed by atoms with Gasteiger partial charge in [-0.05, 0) is 67.4 Å². The second-order valence-electron chi connectivity index (χ2n) is 8.37. The maximum Gasteiger partial charge on any atom is 0.417 e. The van der Waals surface area contributed by atoms with Crippen LogP contribution in [-0.2, 0) is 6.18 Å². The average molecular weight is 505 g/mol. The number of likely N-dealkylation sites (tertiary alicyclic amines) is 1. The highest BCUT2D eigenvalue weighted by Gasteiger charge is 2.35. The minimum absolute atomic E-state index is 0.0320. The Balaban J connectivity index is 1.72. The number of anilines is 2. The first-order valence-electron chi connectivity index (χ1n) is 11.0. The first-order chi connectivity index (χ1) is 16.6. The molecule has 6 nitrogen and oxygen atoms in total. The van der Waals surface area contributed by atoms with Crippen LogP contribution in [0.3, 0.4) is 0 Å². The van der Waals surface area contributed by atoms with Gasteiger partial charge in [0.25, 0.3) is 0 Å². The number of urea groups is 1. The number of carbonyl (C=O) groups excluding carboxylic acids is 1. The molecule has 10 heteroatoms. The summed E-state index contributed by atoms with van der Waals surface area (Å²) in [5, 5.41) is 0.334. The molecule has 1 aliphatic rings. The van der Waals surface area contributed by atoms with Crippen LogP contribution in [0.1, 0.15) is 18.4 Å². The maximum absolute atomic E-state index is 14.0. The van der Waals surface area contributed by atoms with Gasteiger partial charge in [-0.25, -0.2) is 4.79 Å². The van der Waals surface area contributed by atoms with Gasteiger partial charge in [-0.3, -0.25) is 9.88 Å². The number of halogens is 4. The summed E-state index contributed by atoms with van der Waals surface area (Å²) < 4.78 is 48.1. The van der Waals surface area contributed by atoms with E-state index in [4.69, 9.17) is 22.1 Å². The van der Waals surface area contributed by atoms with Crippen LogP contribution in [0.5, 0.6) is 5.75 Å². The molecule has 1 aliphatic heterocycles. The lowest BCUT2D eigenvalue weighted by Gasteiger charge is -2.30. The second kappa shape index (κ2) is 10.1. The van der Waals surface area contributed by atoms with Gasteiger partial charge in [0.1, 0.15) is 11.9 Å². The van der Waals surface area contributed by atoms with Crippen LogP contribution in [0.4, 0.5) is 29.3 Å². The van der Waals surface area contributed by atoms with Gasteiger partial charge in [-0.1, -0.05) is 17.7 Å². The molecular weight excluding hydrogens is 481 g/mol. The van der Waals surface area contributed by atoms with E-state index in [0.29, 0.717) is 16.3 Å². The van der Waals surface area contributed by atoms with Gasteiger partial charge in [0.15, 0.2) is 0 Å². The molecule has 0 spiro atoms. The molecule has 1 fully saturated rings. The van der Waals surface area contributed by atoms with E-state index in [1.807, 2.05) is 7.05 Å². The smallest absolute Gasteiger partial charge is 0.417 e. The van der Waals surface area contributed by atoms with Crippen molar-refractivity contribution in [3.63, 3.8) is 0 Å². The molecule has 1 aromatic heterocycles. The van der Waals surface area contributed by atoms with Gasteiger partial charge in [-0.2, -0.15) is 13.2 Å². The predicted molar refractivity (Wildman–Crippen MR) is 129 cm³/mol. The Morgan fingerprint density at radius 1 is 1.09 bits per heavy atom. The number of amides is 2. The van der Waals surface area contributed by atoms with Gasteiger partial charge in [0, 0.05) is 31.5 Å². The monoisotopic (exact) mass is 504 g/mol. The number of benzene rings is 2. The molecule has 2 N–H and O–H groups in total. The topological polar surface area (TPSA) is 71.7 Å². The fraction of sp³-hybridized carbons (Fsp3) is 0.280. The molecule has 2 aromatic carbocycles. The van der Waals surface area contributed by atoms with Gasteiger partial charge in [-0.15, -0.1) is 0 Å². The van der Waals surface area contributed by atoms with E-state index in [0.717, 1.165) is 36.9 Å². The summed E-state index contributed by atoms with van der Waals surface area (Å²) in [7, 11) is 2.03. The van der Waals surface area contributed by atoms with Crippen LogP contribution in [0.25, 0.3) is 11.1 Å². The zero-order valence-electron chi connectivity index (χ0n) is 18.9. The zero-order chi connectivity index (χ0) is 25.2. The number of primary amides is 1. The van der Waals surface area contributed by atoms with Gasteiger partial charge >= 0.3 is 12.2 Å². The van der Waals surface area contributed by atoms with Crippen LogP contribution in [0.2, 0.25) is 5.02 Å².